The Morgan fingerprint density at radius 1 is 1.03 bits per heavy atom. The Hall–Kier alpha value is -1.89. The number of nitrogens with zero attached hydrogens (tertiary/aromatic N) is 1. The van der Waals surface area contributed by atoms with E-state index in [1.807, 2.05) is 12.1 Å². The van der Waals surface area contributed by atoms with Crippen LogP contribution in [0.2, 0.25) is 4.34 Å². The van der Waals surface area contributed by atoms with Crippen LogP contribution in [0.5, 0.6) is 0 Å². The molecule has 2 N–H and O–H groups in total. The number of carbonyl (C=O) groups is 2. The number of rotatable bonds is 8. The highest BCUT2D eigenvalue weighted by molar-refractivity contribution is 7.18. The number of carbonyl (C=O) groups excluding carboxylic acids is 2. The van der Waals surface area contributed by atoms with Crippen molar-refractivity contribution in [3.05, 3.63) is 56.7 Å². The Labute approximate surface area is 193 Å². The van der Waals surface area contributed by atoms with Crippen LogP contribution in [0, 0.1) is 0 Å². The molecule has 31 heavy (non-hydrogen) atoms. The second-order valence-corrected chi connectivity index (χ2v) is 10.8. The van der Waals surface area contributed by atoms with E-state index in [1.54, 1.807) is 12.1 Å². The molecule has 166 valence electrons. The maximum Gasteiger partial charge on any atom is 0.261 e. The van der Waals surface area contributed by atoms with E-state index in [1.165, 1.54) is 29.7 Å². The van der Waals surface area contributed by atoms with Gasteiger partial charge in [-0.15, -0.1) is 11.3 Å². The predicted octanol–water partition coefficient (Wildman–Crippen LogP) is 4.47. The zero-order valence-electron chi connectivity index (χ0n) is 18.1. The van der Waals surface area contributed by atoms with Gasteiger partial charge >= 0.3 is 0 Å². The Bertz CT molecular complexity index is 937. The molecule has 2 unspecified atom stereocenters. The first-order valence-corrected chi connectivity index (χ1v) is 12.2. The third-order valence-electron chi connectivity index (χ3n) is 6.60. The Morgan fingerprint density at radius 3 is 2.23 bits per heavy atom. The summed E-state index contributed by atoms with van der Waals surface area (Å²) in [4.78, 5) is 28.1. The Morgan fingerprint density at radius 2 is 1.68 bits per heavy atom. The lowest BCUT2D eigenvalue weighted by atomic mass is 9.91. The van der Waals surface area contributed by atoms with Crippen LogP contribution in [0.15, 0.2) is 36.4 Å². The third-order valence-corrected chi connectivity index (χ3v) is 7.83. The molecule has 1 heterocycles. The molecule has 0 saturated heterocycles. The predicted molar refractivity (Wildman–Crippen MR) is 126 cm³/mol. The summed E-state index contributed by atoms with van der Waals surface area (Å²) < 4.78 is 0.597. The van der Waals surface area contributed by atoms with Crippen LogP contribution in [0.4, 0.5) is 0 Å². The lowest BCUT2D eigenvalue weighted by Gasteiger charge is -2.22. The number of nitrogens with one attached hydrogen (secondary N) is 2. The molecule has 2 fully saturated rings. The van der Waals surface area contributed by atoms with E-state index in [2.05, 4.69) is 41.8 Å². The minimum atomic E-state index is -0.125. The first-order valence-electron chi connectivity index (χ1n) is 11.0. The summed E-state index contributed by atoms with van der Waals surface area (Å²) in [6.07, 6.45) is 6.33. The summed E-state index contributed by atoms with van der Waals surface area (Å²) in [7, 11) is 4.22. The lowest BCUT2D eigenvalue weighted by Crippen LogP contribution is -2.48. The fraction of sp³-hybridized carbons (Fsp3) is 0.500. The highest BCUT2D eigenvalue weighted by atomic mass is 35.5. The number of hydrogen-bond acceptors (Lipinski definition) is 4. The summed E-state index contributed by atoms with van der Waals surface area (Å²) in [6, 6.07) is 11.5. The van der Waals surface area contributed by atoms with Crippen molar-refractivity contribution < 1.29 is 9.59 Å². The molecule has 0 spiro atoms. The van der Waals surface area contributed by atoms with E-state index in [0.29, 0.717) is 20.2 Å². The molecule has 2 aliphatic carbocycles. The van der Waals surface area contributed by atoms with Crippen molar-refractivity contribution in [2.75, 3.05) is 20.6 Å². The lowest BCUT2D eigenvalue weighted by molar-refractivity contribution is 0.0894. The van der Waals surface area contributed by atoms with E-state index in [9.17, 15) is 9.59 Å². The molecule has 5 nitrogen and oxygen atoms in total. The second kappa shape index (κ2) is 9.31. The molecular weight excluding hydrogens is 430 g/mol. The van der Waals surface area contributed by atoms with Crippen molar-refractivity contribution in [3.8, 4) is 0 Å². The fourth-order valence-corrected chi connectivity index (χ4v) is 5.43. The van der Waals surface area contributed by atoms with Gasteiger partial charge in [0.25, 0.3) is 11.8 Å². The molecule has 1 aromatic carbocycles. The van der Waals surface area contributed by atoms with Crippen LogP contribution in [0.1, 0.15) is 64.1 Å². The van der Waals surface area contributed by atoms with Gasteiger partial charge in [-0.25, -0.2) is 0 Å². The number of hydrogen-bond donors (Lipinski definition) is 2. The highest BCUT2D eigenvalue weighted by Gasteiger charge is 2.43. The Kier molecular flexibility index (Phi) is 6.70. The minimum Gasteiger partial charge on any atom is -0.347 e. The molecule has 4 rings (SSSR count). The normalized spacial score (nSPS) is 21.8. The molecular formula is C24H30ClN3O2S. The molecule has 7 heteroatoms. The SMILES string of the molecule is CN(C)CCC1(c2ccc(C(=O)NC3CCCC3NC(=O)c3ccc(Cl)s3)cc2)CC1. The molecule has 2 aromatic rings. The summed E-state index contributed by atoms with van der Waals surface area (Å²) >= 11 is 7.21. The van der Waals surface area contributed by atoms with Crippen molar-refractivity contribution in [2.24, 2.45) is 0 Å². The van der Waals surface area contributed by atoms with Crippen molar-refractivity contribution in [1.82, 2.24) is 15.5 Å². The molecule has 2 atom stereocenters. The number of benzene rings is 1. The fourth-order valence-electron chi connectivity index (χ4n) is 4.48. The largest absolute Gasteiger partial charge is 0.347 e. The number of halogens is 1. The molecule has 1 aromatic heterocycles. The number of amides is 2. The first kappa shape index (κ1) is 22.3. The molecule has 0 radical (unpaired) electrons. The van der Waals surface area contributed by atoms with Crippen molar-refractivity contribution in [1.29, 1.82) is 0 Å². The maximum atomic E-state index is 12.9. The average Bonchev–Trinajstić information content (AvgIpc) is 3.23. The van der Waals surface area contributed by atoms with Gasteiger partial charge in [0.2, 0.25) is 0 Å². The van der Waals surface area contributed by atoms with Crippen LogP contribution >= 0.6 is 22.9 Å². The summed E-state index contributed by atoms with van der Waals surface area (Å²) in [5, 5.41) is 6.21. The first-order chi connectivity index (χ1) is 14.9. The van der Waals surface area contributed by atoms with Crippen LogP contribution in [-0.4, -0.2) is 49.4 Å². The maximum absolute atomic E-state index is 12.9. The highest BCUT2D eigenvalue weighted by Crippen LogP contribution is 2.51. The molecule has 2 saturated carbocycles. The van der Waals surface area contributed by atoms with E-state index in [0.717, 1.165) is 32.2 Å². The van der Waals surface area contributed by atoms with E-state index < -0.39 is 0 Å². The van der Waals surface area contributed by atoms with Crippen LogP contribution < -0.4 is 10.6 Å². The quantitative estimate of drug-likeness (QED) is 0.612. The second-order valence-electron chi connectivity index (χ2n) is 9.11. The van der Waals surface area contributed by atoms with Gasteiger partial charge in [-0.05, 0) is 94.4 Å². The number of thiophene rings is 1. The van der Waals surface area contributed by atoms with Gasteiger partial charge in [-0.2, -0.15) is 0 Å². The van der Waals surface area contributed by atoms with Crippen LogP contribution in [-0.2, 0) is 5.41 Å². The minimum absolute atomic E-state index is 0.0542. The third kappa shape index (κ3) is 5.30. The van der Waals surface area contributed by atoms with Crippen molar-refractivity contribution in [2.45, 2.75) is 56.0 Å². The topological polar surface area (TPSA) is 61.4 Å². The summed E-state index contributed by atoms with van der Waals surface area (Å²) in [5.41, 5.74) is 2.31. The molecule has 0 aliphatic heterocycles. The van der Waals surface area contributed by atoms with Gasteiger partial charge in [-0.1, -0.05) is 23.7 Å². The summed E-state index contributed by atoms with van der Waals surface area (Å²) in [5.74, 6) is -0.199. The molecule has 2 aliphatic rings. The van der Waals surface area contributed by atoms with Gasteiger partial charge in [-0.3, -0.25) is 9.59 Å². The summed E-state index contributed by atoms with van der Waals surface area (Å²) in [6.45, 7) is 1.08. The Balaban J connectivity index is 1.34. The zero-order valence-corrected chi connectivity index (χ0v) is 19.7. The van der Waals surface area contributed by atoms with Crippen molar-refractivity contribution in [3.63, 3.8) is 0 Å². The van der Waals surface area contributed by atoms with E-state index in [4.69, 9.17) is 11.6 Å². The molecule has 2 amide bonds. The average molecular weight is 460 g/mol. The van der Waals surface area contributed by atoms with Crippen LogP contribution in [0.3, 0.4) is 0 Å². The van der Waals surface area contributed by atoms with Gasteiger partial charge in [0.05, 0.1) is 9.21 Å². The van der Waals surface area contributed by atoms with Gasteiger partial charge in [0.15, 0.2) is 0 Å². The standard InChI is InChI=1S/C24H30ClN3O2S/c1-28(2)15-14-24(12-13-24)17-8-6-16(7-9-17)22(29)26-18-4-3-5-19(18)27-23(30)20-10-11-21(25)31-20/h6-11,18-19H,3-5,12-15H2,1-2H3,(H,26,29)(H,27,30). The van der Waals surface area contributed by atoms with Gasteiger partial charge < -0.3 is 15.5 Å². The monoisotopic (exact) mass is 459 g/mol. The van der Waals surface area contributed by atoms with E-state index >= 15 is 0 Å². The zero-order chi connectivity index (χ0) is 22.0. The van der Waals surface area contributed by atoms with Gasteiger partial charge in [0.1, 0.15) is 0 Å². The van der Waals surface area contributed by atoms with Crippen LogP contribution in [0.25, 0.3) is 0 Å². The van der Waals surface area contributed by atoms with E-state index in [-0.39, 0.29) is 23.9 Å². The van der Waals surface area contributed by atoms with Crippen molar-refractivity contribution >= 4 is 34.8 Å². The van der Waals surface area contributed by atoms with Gasteiger partial charge in [0, 0.05) is 17.6 Å². The molecule has 0 bridgehead atoms. The smallest absolute Gasteiger partial charge is 0.261 e.